The van der Waals surface area contributed by atoms with Crippen molar-refractivity contribution < 1.29 is 13.2 Å². The molecule has 1 aliphatic rings. The Bertz CT molecular complexity index is 922. The number of hydrogen-bond acceptors (Lipinski definition) is 6. The van der Waals surface area contributed by atoms with Gasteiger partial charge in [0.05, 0.1) is 17.1 Å². The summed E-state index contributed by atoms with van der Waals surface area (Å²) in [6.45, 7) is 6.14. The number of carbonyl (C=O) groups excluding carboxylic acids is 1. The van der Waals surface area contributed by atoms with Gasteiger partial charge in [-0.3, -0.25) is 4.79 Å². The van der Waals surface area contributed by atoms with Gasteiger partial charge in [-0.1, -0.05) is 19.1 Å². The Balaban J connectivity index is 1.61. The summed E-state index contributed by atoms with van der Waals surface area (Å²) >= 11 is 0. The van der Waals surface area contributed by atoms with Crippen molar-refractivity contribution in [2.24, 2.45) is 0 Å². The van der Waals surface area contributed by atoms with E-state index in [-0.39, 0.29) is 23.0 Å². The zero-order chi connectivity index (χ0) is 19.4. The number of hydrogen-bond donors (Lipinski definition) is 0. The lowest BCUT2D eigenvalue weighted by molar-refractivity contribution is -0.130. The fourth-order valence-corrected chi connectivity index (χ4v) is 4.06. The van der Waals surface area contributed by atoms with Gasteiger partial charge in [-0.2, -0.15) is 0 Å². The number of amides is 1. The normalized spacial score (nSPS) is 15.0. The van der Waals surface area contributed by atoms with E-state index in [1.54, 1.807) is 37.4 Å². The minimum atomic E-state index is -3.27. The maximum atomic E-state index is 12.6. The van der Waals surface area contributed by atoms with Crippen LogP contribution in [0, 0.1) is 6.92 Å². The van der Waals surface area contributed by atoms with Crippen molar-refractivity contribution in [3.63, 3.8) is 0 Å². The van der Waals surface area contributed by atoms with Crippen molar-refractivity contribution in [1.29, 1.82) is 0 Å². The molecule has 1 amide bonds. The number of nitrogens with zero attached hydrogens (tertiary/aromatic N) is 4. The van der Waals surface area contributed by atoms with E-state index in [2.05, 4.69) is 14.9 Å². The number of piperazine rings is 1. The topological polar surface area (TPSA) is 83.5 Å². The van der Waals surface area contributed by atoms with Crippen LogP contribution in [0.15, 0.2) is 41.4 Å². The first-order chi connectivity index (χ1) is 12.9. The molecule has 144 valence electrons. The molecule has 0 saturated carbocycles. The summed E-state index contributed by atoms with van der Waals surface area (Å²) in [6, 6.07) is 8.56. The average molecular weight is 388 g/mol. The molecule has 1 fully saturated rings. The second kappa shape index (κ2) is 8.04. The number of benzene rings is 1. The second-order valence-corrected chi connectivity index (χ2v) is 8.84. The van der Waals surface area contributed by atoms with E-state index in [0.29, 0.717) is 26.2 Å². The molecule has 1 aliphatic heterocycles. The zero-order valence-electron chi connectivity index (χ0n) is 15.6. The first kappa shape index (κ1) is 19.3. The van der Waals surface area contributed by atoms with Crippen LogP contribution in [0.3, 0.4) is 0 Å². The van der Waals surface area contributed by atoms with Gasteiger partial charge >= 0.3 is 0 Å². The van der Waals surface area contributed by atoms with Crippen molar-refractivity contribution in [1.82, 2.24) is 14.9 Å². The summed E-state index contributed by atoms with van der Waals surface area (Å²) in [5.41, 5.74) is 0.725. The highest BCUT2D eigenvalue weighted by Crippen LogP contribution is 2.16. The Morgan fingerprint density at radius 1 is 1.15 bits per heavy atom. The molecular weight excluding hydrogens is 364 g/mol. The zero-order valence-corrected chi connectivity index (χ0v) is 16.4. The number of anilines is 1. The van der Waals surface area contributed by atoms with Crippen molar-refractivity contribution in [2.45, 2.75) is 25.2 Å². The maximum Gasteiger partial charge on any atom is 0.227 e. The lowest BCUT2D eigenvalue weighted by Gasteiger charge is -2.35. The lowest BCUT2D eigenvalue weighted by atomic mass is 10.1. The fraction of sp³-hybridized carbons (Fsp3) is 0.421. The van der Waals surface area contributed by atoms with Gasteiger partial charge in [0.15, 0.2) is 9.84 Å². The predicted molar refractivity (Wildman–Crippen MR) is 103 cm³/mol. The summed E-state index contributed by atoms with van der Waals surface area (Å²) in [4.78, 5) is 25.4. The van der Waals surface area contributed by atoms with E-state index in [1.807, 2.05) is 17.9 Å². The van der Waals surface area contributed by atoms with Crippen LogP contribution in [0.4, 0.5) is 5.82 Å². The highest BCUT2D eigenvalue weighted by Gasteiger charge is 2.22. The molecule has 0 radical (unpaired) electrons. The van der Waals surface area contributed by atoms with Gasteiger partial charge in [-0.05, 0) is 30.7 Å². The average Bonchev–Trinajstić information content (AvgIpc) is 2.68. The van der Waals surface area contributed by atoms with Crippen LogP contribution < -0.4 is 4.90 Å². The van der Waals surface area contributed by atoms with Gasteiger partial charge in [-0.15, -0.1) is 0 Å². The maximum absolute atomic E-state index is 12.6. The highest BCUT2D eigenvalue weighted by molar-refractivity contribution is 7.91. The van der Waals surface area contributed by atoms with E-state index in [4.69, 9.17) is 0 Å². The monoisotopic (exact) mass is 388 g/mol. The van der Waals surface area contributed by atoms with Crippen LogP contribution in [-0.4, -0.2) is 61.1 Å². The van der Waals surface area contributed by atoms with Gasteiger partial charge in [0, 0.05) is 32.4 Å². The molecule has 0 aliphatic carbocycles. The van der Waals surface area contributed by atoms with Crippen LogP contribution in [0.1, 0.15) is 18.3 Å². The largest absolute Gasteiger partial charge is 0.353 e. The number of aromatic nitrogens is 2. The van der Waals surface area contributed by atoms with Crippen molar-refractivity contribution in [3.8, 4) is 0 Å². The molecular formula is C19H24N4O3S. The molecule has 0 bridgehead atoms. The Morgan fingerprint density at radius 2 is 1.89 bits per heavy atom. The minimum Gasteiger partial charge on any atom is -0.353 e. The molecule has 3 rings (SSSR count). The molecule has 1 saturated heterocycles. The summed E-state index contributed by atoms with van der Waals surface area (Å²) in [5, 5.41) is 0. The summed E-state index contributed by atoms with van der Waals surface area (Å²) < 4.78 is 24.0. The van der Waals surface area contributed by atoms with Crippen molar-refractivity contribution in [2.75, 3.05) is 36.8 Å². The molecule has 0 N–H and O–H groups in total. The first-order valence-corrected chi connectivity index (χ1v) is 10.7. The minimum absolute atomic E-state index is 0.0135. The number of carbonyl (C=O) groups is 1. The van der Waals surface area contributed by atoms with Gasteiger partial charge < -0.3 is 9.80 Å². The third-order valence-corrected chi connectivity index (χ3v) is 6.44. The van der Waals surface area contributed by atoms with Crippen LogP contribution >= 0.6 is 0 Å². The molecule has 2 aromatic rings. The molecule has 0 spiro atoms. The van der Waals surface area contributed by atoms with E-state index in [0.717, 1.165) is 17.2 Å². The number of rotatable bonds is 5. The molecule has 0 atom stereocenters. The standard InChI is InChI=1S/C19H24N4O3S/c1-3-27(25,26)17-6-4-5-16(13-17)14-19(24)23-11-9-22(10-12-23)18-7-8-20-15(2)21-18/h4-8,13H,3,9-12,14H2,1-2H3. The van der Waals surface area contributed by atoms with Crippen LogP contribution in [0.2, 0.25) is 0 Å². The smallest absolute Gasteiger partial charge is 0.227 e. The molecule has 0 unspecified atom stereocenters. The quantitative estimate of drug-likeness (QED) is 0.771. The Labute approximate surface area is 160 Å². The van der Waals surface area contributed by atoms with Crippen LogP contribution in [0.25, 0.3) is 0 Å². The lowest BCUT2D eigenvalue weighted by Crippen LogP contribution is -2.49. The van der Waals surface area contributed by atoms with E-state index in [1.165, 1.54) is 0 Å². The van der Waals surface area contributed by atoms with Gasteiger partial charge in [0.25, 0.3) is 0 Å². The Kier molecular flexibility index (Phi) is 5.74. The second-order valence-electron chi connectivity index (χ2n) is 6.56. The molecule has 1 aromatic heterocycles. The molecule has 2 heterocycles. The highest BCUT2D eigenvalue weighted by atomic mass is 32.2. The van der Waals surface area contributed by atoms with E-state index in [9.17, 15) is 13.2 Å². The van der Waals surface area contributed by atoms with Crippen LogP contribution in [-0.2, 0) is 21.1 Å². The van der Waals surface area contributed by atoms with E-state index >= 15 is 0 Å². The molecule has 7 nitrogen and oxygen atoms in total. The number of aryl methyl sites for hydroxylation is 1. The van der Waals surface area contributed by atoms with Gasteiger partial charge in [0.2, 0.25) is 5.91 Å². The summed E-state index contributed by atoms with van der Waals surface area (Å²) in [6.07, 6.45) is 1.95. The van der Waals surface area contributed by atoms with Gasteiger partial charge in [0.1, 0.15) is 11.6 Å². The fourth-order valence-electron chi connectivity index (χ4n) is 3.11. The summed E-state index contributed by atoms with van der Waals surface area (Å²) in [5.74, 6) is 1.68. The third-order valence-electron chi connectivity index (χ3n) is 4.71. The predicted octanol–water partition coefficient (Wildman–Crippen LogP) is 1.47. The third kappa shape index (κ3) is 4.63. The van der Waals surface area contributed by atoms with Gasteiger partial charge in [-0.25, -0.2) is 18.4 Å². The SMILES string of the molecule is CCS(=O)(=O)c1cccc(CC(=O)N2CCN(c3ccnc(C)n3)CC2)c1. The molecule has 8 heteroatoms. The molecule has 27 heavy (non-hydrogen) atoms. The Hall–Kier alpha value is -2.48. The van der Waals surface area contributed by atoms with Crippen molar-refractivity contribution in [3.05, 3.63) is 47.9 Å². The number of sulfone groups is 1. The Morgan fingerprint density at radius 3 is 2.56 bits per heavy atom. The van der Waals surface area contributed by atoms with Crippen LogP contribution in [0.5, 0.6) is 0 Å². The molecule has 1 aromatic carbocycles. The first-order valence-electron chi connectivity index (χ1n) is 9.03. The summed E-state index contributed by atoms with van der Waals surface area (Å²) in [7, 11) is -3.27. The van der Waals surface area contributed by atoms with Crippen molar-refractivity contribution >= 4 is 21.6 Å². The van der Waals surface area contributed by atoms with E-state index < -0.39 is 9.84 Å².